The fraction of sp³-hybridized carbons (Fsp3) is 0.0833. The number of halogens is 4. The molecule has 37 heavy (non-hydrogen) atoms. The van der Waals surface area contributed by atoms with E-state index in [0.717, 1.165) is 29.1 Å². The molecule has 0 bridgehead atoms. The molecule has 0 atom stereocenters. The molecular weight excluding hydrogens is 559 g/mol. The van der Waals surface area contributed by atoms with Gasteiger partial charge < -0.3 is 4.74 Å². The molecule has 1 aromatic heterocycles. The predicted octanol–water partition coefficient (Wildman–Crippen LogP) is 5.54. The summed E-state index contributed by atoms with van der Waals surface area (Å²) >= 11 is 3.16. The molecule has 0 N–H and O–H groups in total. The van der Waals surface area contributed by atoms with E-state index in [0.29, 0.717) is 0 Å². The molecule has 0 aliphatic rings. The lowest BCUT2D eigenvalue weighted by Gasteiger charge is -2.12. The lowest BCUT2D eigenvalue weighted by atomic mass is 10.1. The Hall–Kier alpha value is -4.57. The number of fused-ring (bicyclic) bond motifs is 1. The van der Waals surface area contributed by atoms with Crippen LogP contribution in [0.1, 0.15) is 11.1 Å². The van der Waals surface area contributed by atoms with Crippen molar-refractivity contribution in [3.05, 3.63) is 96.7 Å². The Morgan fingerprint density at radius 1 is 1.19 bits per heavy atom. The maximum absolute atomic E-state index is 13.3. The molecule has 0 spiro atoms. The summed E-state index contributed by atoms with van der Waals surface area (Å²) in [4.78, 5) is 28.4. The van der Waals surface area contributed by atoms with Gasteiger partial charge in [-0.25, -0.2) is 4.98 Å². The third-order valence-electron chi connectivity index (χ3n) is 5.05. The Balaban J connectivity index is 1.90. The zero-order chi connectivity index (χ0) is 26.7. The van der Waals surface area contributed by atoms with Gasteiger partial charge in [0.2, 0.25) is 5.75 Å². The molecule has 4 aromatic rings. The van der Waals surface area contributed by atoms with Crippen LogP contribution in [0.15, 0.2) is 75.0 Å². The number of nitro benzene ring substituents is 1. The van der Waals surface area contributed by atoms with Crippen LogP contribution in [0.25, 0.3) is 22.3 Å². The summed E-state index contributed by atoms with van der Waals surface area (Å²) in [5, 5.41) is 24.5. The molecule has 0 saturated heterocycles. The molecule has 9 nitrogen and oxygen atoms in total. The largest absolute Gasteiger partial charge is 0.471 e. The van der Waals surface area contributed by atoms with Gasteiger partial charge >= 0.3 is 11.9 Å². The lowest BCUT2D eigenvalue weighted by Crippen LogP contribution is -2.20. The monoisotopic (exact) mass is 571 g/mol. The van der Waals surface area contributed by atoms with Crippen LogP contribution in [0.5, 0.6) is 5.75 Å². The predicted molar refractivity (Wildman–Crippen MR) is 131 cm³/mol. The average Bonchev–Trinajstić information content (AvgIpc) is 2.86. The van der Waals surface area contributed by atoms with Crippen molar-refractivity contribution >= 4 is 38.7 Å². The van der Waals surface area contributed by atoms with Crippen molar-refractivity contribution in [3.63, 3.8) is 0 Å². The van der Waals surface area contributed by atoms with Gasteiger partial charge in [0.1, 0.15) is 6.07 Å². The Morgan fingerprint density at radius 3 is 2.65 bits per heavy atom. The van der Waals surface area contributed by atoms with Gasteiger partial charge in [-0.05, 0) is 46.3 Å². The van der Waals surface area contributed by atoms with E-state index in [2.05, 4.69) is 26.0 Å². The smallest absolute Gasteiger partial charge is 0.416 e. The number of nitrogens with zero attached hydrogens (tertiary/aromatic N) is 5. The van der Waals surface area contributed by atoms with Crippen molar-refractivity contribution in [2.45, 2.75) is 6.18 Å². The first kappa shape index (κ1) is 25.5. The summed E-state index contributed by atoms with van der Waals surface area (Å²) in [6.45, 7) is -0.425. The Labute approximate surface area is 214 Å². The summed E-state index contributed by atoms with van der Waals surface area (Å²) in [6, 6.07) is 14.8. The van der Waals surface area contributed by atoms with Gasteiger partial charge in [0.25, 0.3) is 5.56 Å². The second-order valence-corrected chi connectivity index (χ2v) is 8.30. The molecule has 4 rings (SSSR count). The van der Waals surface area contributed by atoms with Crippen LogP contribution in [0.4, 0.5) is 18.9 Å². The van der Waals surface area contributed by atoms with Gasteiger partial charge in [-0.3, -0.25) is 14.9 Å². The first-order valence-corrected chi connectivity index (χ1v) is 11.1. The standard InChI is InChI=1S/C24H13BrF3N5O4/c25-18-10-14(11-20(33(35)36)21(18)37-9-8-29)13-30-32-22(15-4-3-5-16(12-15)24(26,27)28)31-19-7-2-1-6-17(19)23(32)34/h1-7,10-13H,9H2. The third-order valence-corrected chi connectivity index (χ3v) is 5.64. The number of alkyl halides is 3. The van der Waals surface area contributed by atoms with Crippen molar-refractivity contribution in [1.82, 2.24) is 9.66 Å². The molecule has 0 unspecified atom stereocenters. The van der Waals surface area contributed by atoms with Gasteiger partial charge in [0.05, 0.1) is 32.1 Å². The maximum Gasteiger partial charge on any atom is 0.416 e. The summed E-state index contributed by atoms with van der Waals surface area (Å²) in [6.07, 6.45) is -3.50. The molecule has 186 valence electrons. The highest BCUT2D eigenvalue weighted by molar-refractivity contribution is 9.10. The third kappa shape index (κ3) is 5.34. The SMILES string of the molecule is N#CCOc1c(Br)cc(C=Nn2c(-c3cccc(C(F)(F)F)c3)nc3ccccc3c2=O)cc1[N+](=O)[O-]. The van der Waals surface area contributed by atoms with Crippen LogP contribution in [0, 0.1) is 21.4 Å². The molecular formula is C24H13BrF3N5O4. The molecule has 0 aliphatic heterocycles. The van der Waals surface area contributed by atoms with Crippen molar-refractivity contribution < 1.29 is 22.8 Å². The summed E-state index contributed by atoms with van der Waals surface area (Å²) < 4.78 is 46.1. The van der Waals surface area contributed by atoms with Crippen LogP contribution >= 0.6 is 15.9 Å². The van der Waals surface area contributed by atoms with E-state index in [1.807, 2.05) is 0 Å². The number of nitro groups is 1. The van der Waals surface area contributed by atoms with Crippen molar-refractivity contribution in [3.8, 4) is 23.2 Å². The zero-order valence-corrected chi connectivity index (χ0v) is 20.0. The topological polar surface area (TPSA) is 123 Å². The first-order chi connectivity index (χ1) is 17.6. The molecule has 13 heteroatoms. The van der Waals surface area contributed by atoms with E-state index in [1.54, 1.807) is 24.3 Å². The van der Waals surface area contributed by atoms with Crippen LogP contribution < -0.4 is 10.3 Å². The van der Waals surface area contributed by atoms with Crippen LogP contribution in [-0.2, 0) is 6.18 Å². The van der Waals surface area contributed by atoms with Gasteiger partial charge in [0, 0.05) is 17.2 Å². The minimum absolute atomic E-state index is 0.0118. The summed E-state index contributed by atoms with van der Waals surface area (Å²) in [7, 11) is 0. The van der Waals surface area contributed by atoms with Gasteiger partial charge in [-0.15, -0.1) is 0 Å². The number of nitriles is 1. The first-order valence-electron chi connectivity index (χ1n) is 10.3. The normalized spacial score (nSPS) is 11.5. The number of benzene rings is 3. The number of rotatable bonds is 6. The van der Waals surface area contributed by atoms with Crippen LogP contribution in [0.2, 0.25) is 0 Å². The number of para-hydroxylation sites is 1. The van der Waals surface area contributed by atoms with E-state index < -0.39 is 34.5 Å². The van der Waals surface area contributed by atoms with Crippen LogP contribution in [0.3, 0.4) is 0 Å². The number of hydrogen-bond donors (Lipinski definition) is 0. The number of hydrogen-bond acceptors (Lipinski definition) is 7. The average molecular weight is 572 g/mol. The number of ether oxygens (including phenoxy) is 1. The lowest BCUT2D eigenvalue weighted by molar-refractivity contribution is -0.385. The highest BCUT2D eigenvalue weighted by Gasteiger charge is 2.31. The fourth-order valence-corrected chi connectivity index (χ4v) is 4.02. The van der Waals surface area contributed by atoms with Gasteiger partial charge in [0.15, 0.2) is 12.4 Å². The Morgan fingerprint density at radius 2 is 1.95 bits per heavy atom. The maximum atomic E-state index is 13.3. The van der Waals surface area contributed by atoms with Crippen molar-refractivity contribution in [2.24, 2.45) is 5.10 Å². The van der Waals surface area contributed by atoms with E-state index in [4.69, 9.17) is 10.00 Å². The number of aromatic nitrogens is 2. The van der Waals surface area contributed by atoms with Gasteiger partial charge in [-0.1, -0.05) is 24.3 Å². The second-order valence-electron chi connectivity index (χ2n) is 7.45. The van der Waals surface area contributed by atoms with E-state index in [1.165, 1.54) is 24.3 Å². The Bertz CT molecular complexity index is 1660. The Kier molecular flexibility index (Phi) is 7.03. The van der Waals surface area contributed by atoms with E-state index >= 15 is 0 Å². The molecule has 0 aliphatic carbocycles. The summed E-state index contributed by atoms with van der Waals surface area (Å²) in [5.74, 6) is -0.327. The summed E-state index contributed by atoms with van der Waals surface area (Å²) in [5.41, 5.74) is -1.65. The van der Waals surface area contributed by atoms with Gasteiger partial charge in [-0.2, -0.15) is 28.2 Å². The molecule has 0 radical (unpaired) electrons. The fourth-order valence-electron chi connectivity index (χ4n) is 3.43. The molecule has 0 saturated carbocycles. The van der Waals surface area contributed by atoms with E-state index in [-0.39, 0.29) is 38.1 Å². The zero-order valence-electron chi connectivity index (χ0n) is 18.4. The minimum atomic E-state index is -4.62. The highest BCUT2D eigenvalue weighted by atomic mass is 79.9. The van der Waals surface area contributed by atoms with Crippen molar-refractivity contribution in [2.75, 3.05) is 6.61 Å². The quantitative estimate of drug-likeness (QED) is 0.170. The molecule has 0 fully saturated rings. The minimum Gasteiger partial charge on any atom is -0.471 e. The van der Waals surface area contributed by atoms with Crippen LogP contribution in [-0.4, -0.2) is 27.4 Å². The highest BCUT2D eigenvalue weighted by Crippen LogP contribution is 2.36. The second kappa shape index (κ2) is 10.2. The molecule has 3 aromatic carbocycles. The van der Waals surface area contributed by atoms with E-state index in [9.17, 15) is 28.1 Å². The molecule has 1 heterocycles. The van der Waals surface area contributed by atoms with Crippen molar-refractivity contribution in [1.29, 1.82) is 5.26 Å². The molecule has 0 amide bonds.